The number of hydrogen-bond donors (Lipinski definition) is 2. The lowest BCUT2D eigenvalue weighted by Crippen LogP contribution is -2.50. The lowest BCUT2D eigenvalue weighted by Gasteiger charge is -2.41. The highest BCUT2D eigenvalue weighted by Crippen LogP contribution is 2.27. The number of carbonyl (C=O) groups is 1. The Labute approximate surface area is 103 Å². The number of carbonyl (C=O) groups excluding carboxylic acids is 1. The Balaban J connectivity index is 1.83. The molecule has 1 amide bonds. The monoisotopic (exact) mass is 240 g/mol. The van der Waals surface area contributed by atoms with Crippen LogP contribution in [0.1, 0.15) is 38.5 Å². The van der Waals surface area contributed by atoms with Crippen molar-refractivity contribution in [3.05, 3.63) is 0 Å². The van der Waals surface area contributed by atoms with E-state index in [1.54, 1.807) is 7.05 Å². The van der Waals surface area contributed by atoms with Crippen LogP contribution in [-0.2, 0) is 4.79 Å². The van der Waals surface area contributed by atoms with Gasteiger partial charge in [-0.15, -0.1) is 0 Å². The molecule has 1 heterocycles. The number of piperidine rings is 1. The second-order valence-electron chi connectivity index (χ2n) is 5.34. The maximum Gasteiger partial charge on any atom is 0.222 e. The average Bonchev–Trinajstić information content (AvgIpc) is 2.39. The fourth-order valence-corrected chi connectivity index (χ4v) is 3.22. The summed E-state index contributed by atoms with van der Waals surface area (Å²) in [7, 11) is 1.71. The van der Waals surface area contributed by atoms with Crippen LogP contribution in [-0.4, -0.2) is 48.2 Å². The lowest BCUT2D eigenvalue weighted by molar-refractivity contribution is -0.126. The maximum absolute atomic E-state index is 11.5. The van der Waals surface area contributed by atoms with Crippen LogP contribution in [0.5, 0.6) is 0 Å². The molecule has 2 atom stereocenters. The summed E-state index contributed by atoms with van der Waals surface area (Å²) in [6, 6.07) is 0.342. The van der Waals surface area contributed by atoms with E-state index >= 15 is 0 Å². The van der Waals surface area contributed by atoms with Gasteiger partial charge in [-0.25, -0.2) is 0 Å². The normalized spacial score (nSPS) is 32.4. The Morgan fingerprint density at radius 2 is 1.82 bits per heavy atom. The quantitative estimate of drug-likeness (QED) is 0.749. The van der Waals surface area contributed by atoms with Gasteiger partial charge in [-0.1, -0.05) is 12.8 Å². The SMILES string of the molecule is CNC(=O)C1CCN(C2CCCCC2O)CC1. The molecule has 2 unspecified atom stereocenters. The number of amides is 1. The Kier molecular flexibility index (Phi) is 4.40. The molecule has 2 rings (SSSR count). The predicted molar refractivity (Wildman–Crippen MR) is 66.6 cm³/mol. The molecular formula is C13H24N2O2. The summed E-state index contributed by atoms with van der Waals surface area (Å²) in [4.78, 5) is 13.9. The zero-order chi connectivity index (χ0) is 12.3. The van der Waals surface area contributed by atoms with E-state index in [0.29, 0.717) is 6.04 Å². The second kappa shape index (κ2) is 5.83. The van der Waals surface area contributed by atoms with Gasteiger partial charge in [-0.2, -0.15) is 0 Å². The maximum atomic E-state index is 11.5. The summed E-state index contributed by atoms with van der Waals surface area (Å²) in [6.45, 7) is 1.92. The first-order chi connectivity index (χ1) is 8.22. The Morgan fingerprint density at radius 1 is 1.18 bits per heavy atom. The number of nitrogens with zero attached hydrogens (tertiary/aromatic N) is 1. The number of rotatable bonds is 2. The highest BCUT2D eigenvalue weighted by molar-refractivity contribution is 5.78. The molecule has 0 bridgehead atoms. The van der Waals surface area contributed by atoms with E-state index < -0.39 is 0 Å². The minimum absolute atomic E-state index is 0.152. The third kappa shape index (κ3) is 2.99. The summed E-state index contributed by atoms with van der Waals surface area (Å²) in [6.07, 6.45) is 6.17. The number of likely N-dealkylation sites (tertiary alicyclic amines) is 1. The fourth-order valence-electron chi connectivity index (χ4n) is 3.22. The van der Waals surface area contributed by atoms with Crippen LogP contribution < -0.4 is 5.32 Å². The molecule has 4 heteroatoms. The number of hydrogen-bond acceptors (Lipinski definition) is 3. The zero-order valence-corrected chi connectivity index (χ0v) is 10.7. The summed E-state index contributed by atoms with van der Waals surface area (Å²) in [5, 5.41) is 12.8. The highest BCUT2D eigenvalue weighted by Gasteiger charge is 2.32. The summed E-state index contributed by atoms with van der Waals surface area (Å²) >= 11 is 0. The summed E-state index contributed by atoms with van der Waals surface area (Å²) < 4.78 is 0. The van der Waals surface area contributed by atoms with Crippen LogP contribution in [0.25, 0.3) is 0 Å². The fraction of sp³-hybridized carbons (Fsp3) is 0.923. The van der Waals surface area contributed by atoms with Crippen LogP contribution in [0.3, 0.4) is 0 Å². The Morgan fingerprint density at radius 3 is 2.41 bits per heavy atom. The standard InChI is InChI=1S/C13H24N2O2/c1-14-13(17)10-6-8-15(9-7-10)11-4-2-3-5-12(11)16/h10-12,16H,2-9H2,1H3,(H,14,17). The molecule has 0 aromatic rings. The van der Waals surface area contributed by atoms with Crippen molar-refractivity contribution in [2.75, 3.05) is 20.1 Å². The van der Waals surface area contributed by atoms with E-state index in [1.807, 2.05) is 0 Å². The molecule has 4 nitrogen and oxygen atoms in total. The molecule has 1 aliphatic carbocycles. The van der Waals surface area contributed by atoms with E-state index in [1.165, 1.54) is 6.42 Å². The molecule has 0 spiro atoms. The van der Waals surface area contributed by atoms with E-state index in [4.69, 9.17) is 0 Å². The van der Waals surface area contributed by atoms with Gasteiger partial charge in [0.2, 0.25) is 5.91 Å². The van der Waals surface area contributed by atoms with Crippen molar-refractivity contribution in [1.29, 1.82) is 0 Å². The molecule has 2 N–H and O–H groups in total. The van der Waals surface area contributed by atoms with Gasteiger partial charge in [0.15, 0.2) is 0 Å². The van der Waals surface area contributed by atoms with Crippen molar-refractivity contribution >= 4 is 5.91 Å². The van der Waals surface area contributed by atoms with Gasteiger partial charge < -0.3 is 10.4 Å². The van der Waals surface area contributed by atoms with Gasteiger partial charge in [-0.3, -0.25) is 9.69 Å². The van der Waals surface area contributed by atoms with Crippen LogP contribution in [0, 0.1) is 5.92 Å². The van der Waals surface area contributed by atoms with Crippen LogP contribution >= 0.6 is 0 Å². The van der Waals surface area contributed by atoms with Crippen molar-refractivity contribution in [3.8, 4) is 0 Å². The topological polar surface area (TPSA) is 52.6 Å². The Hall–Kier alpha value is -0.610. The van der Waals surface area contributed by atoms with Crippen molar-refractivity contribution < 1.29 is 9.90 Å². The number of nitrogens with one attached hydrogen (secondary N) is 1. The van der Waals surface area contributed by atoms with Gasteiger partial charge in [0.05, 0.1) is 6.10 Å². The Bertz CT molecular complexity index is 262. The first kappa shape index (κ1) is 12.8. The molecule has 17 heavy (non-hydrogen) atoms. The summed E-state index contributed by atoms with van der Waals surface area (Å²) in [5.74, 6) is 0.353. The van der Waals surface area contributed by atoms with Crippen molar-refractivity contribution in [2.24, 2.45) is 5.92 Å². The summed E-state index contributed by atoms with van der Waals surface area (Å²) in [5.41, 5.74) is 0. The molecule has 0 aromatic carbocycles. The van der Waals surface area contributed by atoms with Crippen LogP contribution in [0.2, 0.25) is 0 Å². The first-order valence-corrected chi connectivity index (χ1v) is 6.86. The van der Waals surface area contributed by atoms with E-state index in [-0.39, 0.29) is 17.9 Å². The lowest BCUT2D eigenvalue weighted by atomic mass is 9.88. The second-order valence-corrected chi connectivity index (χ2v) is 5.34. The molecule has 1 aliphatic heterocycles. The number of aliphatic hydroxyl groups is 1. The van der Waals surface area contributed by atoms with Gasteiger partial charge in [0.1, 0.15) is 0 Å². The molecule has 1 saturated heterocycles. The minimum Gasteiger partial charge on any atom is -0.391 e. The molecule has 1 saturated carbocycles. The van der Waals surface area contributed by atoms with Gasteiger partial charge >= 0.3 is 0 Å². The molecule has 2 fully saturated rings. The predicted octanol–water partition coefficient (Wildman–Crippen LogP) is 0.748. The van der Waals surface area contributed by atoms with Crippen LogP contribution in [0.4, 0.5) is 0 Å². The first-order valence-electron chi connectivity index (χ1n) is 6.86. The van der Waals surface area contributed by atoms with Gasteiger partial charge in [0.25, 0.3) is 0 Å². The molecular weight excluding hydrogens is 216 g/mol. The molecule has 0 aromatic heterocycles. The van der Waals surface area contributed by atoms with E-state index in [9.17, 15) is 9.90 Å². The average molecular weight is 240 g/mol. The van der Waals surface area contributed by atoms with E-state index in [0.717, 1.165) is 45.2 Å². The number of aliphatic hydroxyl groups excluding tert-OH is 1. The highest BCUT2D eigenvalue weighted by atomic mass is 16.3. The van der Waals surface area contributed by atoms with Crippen molar-refractivity contribution in [3.63, 3.8) is 0 Å². The van der Waals surface area contributed by atoms with Crippen LogP contribution in [0.15, 0.2) is 0 Å². The van der Waals surface area contributed by atoms with Gasteiger partial charge in [-0.05, 0) is 38.8 Å². The third-order valence-corrected chi connectivity index (χ3v) is 4.31. The third-order valence-electron chi connectivity index (χ3n) is 4.31. The molecule has 2 aliphatic rings. The minimum atomic E-state index is -0.152. The van der Waals surface area contributed by atoms with Crippen molar-refractivity contribution in [2.45, 2.75) is 50.7 Å². The smallest absolute Gasteiger partial charge is 0.222 e. The molecule has 98 valence electrons. The van der Waals surface area contributed by atoms with Gasteiger partial charge in [0, 0.05) is 19.0 Å². The van der Waals surface area contributed by atoms with Crippen molar-refractivity contribution in [1.82, 2.24) is 10.2 Å². The van der Waals surface area contributed by atoms with E-state index in [2.05, 4.69) is 10.2 Å². The zero-order valence-electron chi connectivity index (χ0n) is 10.7. The molecule has 0 radical (unpaired) electrons. The largest absolute Gasteiger partial charge is 0.391 e.